The van der Waals surface area contributed by atoms with Crippen LogP contribution in [0, 0.1) is 5.92 Å². The fourth-order valence-electron chi connectivity index (χ4n) is 4.05. The number of hydrogen-bond donors (Lipinski definition) is 3. The molecule has 3 atom stereocenters. The predicted octanol–water partition coefficient (Wildman–Crippen LogP) is 3.55. The lowest BCUT2D eigenvalue weighted by Crippen LogP contribution is -2.56. The van der Waals surface area contributed by atoms with Crippen LogP contribution >= 0.6 is 0 Å². The van der Waals surface area contributed by atoms with E-state index >= 15 is 0 Å². The summed E-state index contributed by atoms with van der Waals surface area (Å²) in [6.45, 7) is 7.29. The number of carbonyl (C=O) groups excluding carboxylic acids is 4. The van der Waals surface area contributed by atoms with Gasteiger partial charge in [0.25, 0.3) is 0 Å². The number of carbonyl (C=O) groups is 4. The van der Waals surface area contributed by atoms with Gasteiger partial charge in [-0.25, -0.2) is 9.59 Å². The average molecular weight is 540 g/mol. The Bertz CT molecular complexity index is 1060. The van der Waals surface area contributed by atoms with E-state index in [4.69, 9.17) is 9.47 Å². The van der Waals surface area contributed by atoms with Gasteiger partial charge in [0.1, 0.15) is 18.1 Å². The summed E-state index contributed by atoms with van der Waals surface area (Å²) < 4.78 is 10.1. The van der Waals surface area contributed by atoms with E-state index in [2.05, 4.69) is 16.0 Å². The van der Waals surface area contributed by atoms with E-state index in [0.717, 1.165) is 11.1 Å². The third kappa shape index (κ3) is 11.6. The molecular formula is C30H41N3O6. The highest BCUT2D eigenvalue weighted by molar-refractivity contribution is 5.93. The second kappa shape index (κ2) is 16.2. The molecule has 0 bridgehead atoms. The van der Waals surface area contributed by atoms with Gasteiger partial charge in [0.05, 0.1) is 13.2 Å². The normalized spacial score (nSPS) is 13.2. The smallest absolute Gasteiger partial charge is 0.408 e. The molecule has 0 radical (unpaired) electrons. The van der Waals surface area contributed by atoms with Crippen molar-refractivity contribution in [1.82, 2.24) is 16.0 Å². The third-order valence-corrected chi connectivity index (χ3v) is 5.94. The Morgan fingerprint density at radius 3 is 1.79 bits per heavy atom. The summed E-state index contributed by atoms with van der Waals surface area (Å²) in [6, 6.07) is 16.1. The maximum atomic E-state index is 13.4. The van der Waals surface area contributed by atoms with Crippen LogP contribution in [-0.2, 0) is 36.7 Å². The maximum absolute atomic E-state index is 13.4. The molecule has 39 heavy (non-hydrogen) atoms. The number of methoxy groups -OCH3 is 1. The number of esters is 1. The number of amides is 3. The number of benzene rings is 2. The lowest BCUT2D eigenvalue weighted by molar-refractivity contribution is -0.145. The Labute approximate surface area is 231 Å². The molecule has 9 heteroatoms. The van der Waals surface area contributed by atoms with E-state index in [0.29, 0.717) is 19.3 Å². The fraction of sp³-hybridized carbons (Fsp3) is 0.467. The van der Waals surface area contributed by atoms with Crippen molar-refractivity contribution in [3.8, 4) is 0 Å². The molecule has 0 aliphatic heterocycles. The molecule has 3 amide bonds. The first kappa shape index (κ1) is 31.3. The molecule has 0 aliphatic carbocycles. The highest BCUT2D eigenvalue weighted by Crippen LogP contribution is 2.11. The molecule has 3 N–H and O–H groups in total. The van der Waals surface area contributed by atoms with Crippen LogP contribution < -0.4 is 16.0 Å². The summed E-state index contributed by atoms with van der Waals surface area (Å²) in [7, 11) is 1.26. The van der Waals surface area contributed by atoms with Gasteiger partial charge in [0, 0.05) is 6.42 Å². The maximum Gasteiger partial charge on any atom is 0.408 e. The second-order valence-electron chi connectivity index (χ2n) is 10.1. The van der Waals surface area contributed by atoms with Crippen molar-refractivity contribution in [3.05, 3.63) is 71.8 Å². The molecule has 0 saturated heterocycles. The third-order valence-electron chi connectivity index (χ3n) is 5.94. The van der Waals surface area contributed by atoms with Crippen molar-refractivity contribution >= 4 is 23.9 Å². The van der Waals surface area contributed by atoms with Gasteiger partial charge < -0.3 is 25.4 Å². The first-order chi connectivity index (χ1) is 18.6. The first-order valence-electron chi connectivity index (χ1n) is 13.3. The number of rotatable bonds is 14. The van der Waals surface area contributed by atoms with Gasteiger partial charge in [0.15, 0.2) is 0 Å². The highest BCUT2D eigenvalue weighted by atomic mass is 16.6. The zero-order valence-corrected chi connectivity index (χ0v) is 23.4. The lowest BCUT2D eigenvalue weighted by atomic mass is 10.00. The summed E-state index contributed by atoms with van der Waals surface area (Å²) in [4.78, 5) is 51.6. The Kier molecular flexibility index (Phi) is 13.0. The molecule has 2 aromatic carbocycles. The molecule has 0 saturated carbocycles. The van der Waals surface area contributed by atoms with E-state index in [1.54, 1.807) is 13.8 Å². The molecule has 0 spiro atoms. The molecular weight excluding hydrogens is 498 g/mol. The Morgan fingerprint density at radius 2 is 1.26 bits per heavy atom. The predicted molar refractivity (Wildman–Crippen MR) is 149 cm³/mol. The van der Waals surface area contributed by atoms with Crippen LogP contribution in [0.25, 0.3) is 0 Å². The molecule has 0 aromatic heterocycles. The van der Waals surface area contributed by atoms with Crippen LogP contribution in [0.15, 0.2) is 60.7 Å². The van der Waals surface area contributed by atoms with Gasteiger partial charge >= 0.3 is 12.1 Å². The van der Waals surface area contributed by atoms with Crippen LogP contribution in [0.1, 0.15) is 51.7 Å². The summed E-state index contributed by atoms with van der Waals surface area (Å²) in [5.41, 5.74) is 1.86. The monoisotopic (exact) mass is 539 g/mol. The molecule has 2 aromatic rings. The quantitative estimate of drug-likeness (QED) is 0.316. The van der Waals surface area contributed by atoms with Gasteiger partial charge in [-0.3, -0.25) is 9.59 Å². The van der Waals surface area contributed by atoms with E-state index in [9.17, 15) is 19.2 Å². The fourth-order valence-corrected chi connectivity index (χ4v) is 4.05. The number of aryl methyl sites for hydroxylation is 1. The van der Waals surface area contributed by atoms with E-state index < -0.39 is 42.0 Å². The largest absolute Gasteiger partial charge is 0.467 e. The minimum Gasteiger partial charge on any atom is -0.467 e. The second-order valence-corrected chi connectivity index (χ2v) is 10.1. The minimum absolute atomic E-state index is 0.0633. The molecule has 0 fully saturated rings. The zero-order valence-electron chi connectivity index (χ0n) is 23.4. The number of nitrogens with one attached hydrogen (secondary N) is 3. The molecule has 9 nitrogen and oxygen atoms in total. The van der Waals surface area contributed by atoms with E-state index in [1.165, 1.54) is 7.11 Å². The zero-order chi connectivity index (χ0) is 28.8. The summed E-state index contributed by atoms with van der Waals surface area (Å²) in [6.07, 6.45) is 0.336. The summed E-state index contributed by atoms with van der Waals surface area (Å²) in [5.74, 6) is -1.53. The Hall–Kier alpha value is -3.88. The van der Waals surface area contributed by atoms with Gasteiger partial charge in [-0.15, -0.1) is 0 Å². The topological polar surface area (TPSA) is 123 Å². The molecule has 2 rings (SSSR count). The van der Waals surface area contributed by atoms with Crippen molar-refractivity contribution in [2.24, 2.45) is 5.92 Å². The van der Waals surface area contributed by atoms with Crippen molar-refractivity contribution in [1.29, 1.82) is 0 Å². The van der Waals surface area contributed by atoms with Crippen molar-refractivity contribution < 1.29 is 28.7 Å². The average Bonchev–Trinajstić information content (AvgIpc) is 2.90. The Balaban J connectivity index is 2.18. The van der Waals surface area contributed by atoms with Gasteiger partial charge in [0.2, 0.25) is 11.8 Å². The molecule has 0 heterocycles. The standard InChI is InChI=1S/C30H41N3O6/c1-20(2)18-25(28(35)32-26(29(36)38-5)19-23-14-10-7-11-15-23)31-27(34)24(33-30(37)39-21(3)4)17-16-22-12-8-6-9-13-22/h6-15,20-21,24-26H,16-19H2,1-5H3,(H,31,34)(H,32,35)(H,33,37)/t24-,25-,26-/m0/s1. The van der Waals surface area contributed by atoms with E-state index in [1.807, 2.05) is 74.5 Å². The number of ether oxygens (including phenoxy) is 2. The Morgan fingerprint density at radius 1 is 0.718 bits per heavy atom. The molecule has 212 valence electrons. The van der Waals surface area contributed by atoms with Crippen molar-refractivity contribution in [3.63, 3.8) is 0 Å². The van der Waals surface area contributed by atoms with Crippen LogP contribution in [0.4, 0.5) is 4.79 Å². The van der Waals surface area contributed by atoms with Crippen LogP contribution in [0.5, 0.6) is 0 Å². The summed E-state index contributed by atoms with van der Waals surface area (Å²) >= 11 is 0. The molecule has 0 unspecified atom stereocenters. The lowest BCUT2D eigenvalue weighted by Gasteiger charge is -2.26. The number of alkyl carbamates (subject to hydrolysis) is 1. The van der Waals surface area contributed by atoms with Crippen LogP contribution in [-0.4, -0.2) is 55.2 Å². The number of hydrogen-bond acceptors (Lipinski definition) is 6. The van der Waals surface area contributed by atoms with Crippen LogP contribution in [0.3, 0.4) is 0 Å². The molecule has 0 aliphatic rings. The SMILES string of the molecule is COC(=O)[C@H](Cc1ccccc1)NC(=O)[C@H](CC(C)C)NC(=O)[C@H](CCc1ccccc1)NC(=O)OC(C)C. The van der Waals surface area contributed by atoms with Crippen molar-refractivity contribution in [2.75, 3.05) is 7.11 Å². The van der Waals surface area contributed by atoms with Crippen molar-refractivity contribution in [2.45, 2.75) is 77.6 Å². The minimum atomic E-state index is -0.931. The first-order valence-corrected chi connectivity index (χ1v) is 13.3. The van der Waals surface area contributed by atoms with Gasteiger partial charge in [-0.05, 0) is 50.2 Å². The van der Waals surface area contributed by atoms with Crippen LogP contribution in [0.2, 0.25) is 0 Å². The van der Waals surface area contributed by atoms with Gasteiger partial charge in [-0.2, -0.15) is 0 Å². The highest BCUT2D eigenvalue weighted by Gasteiger charge is 2.31. The van der Waals surface area contributed by atoms with E-state index in [-0.39, 0.29) is 18.4 Å². The summed E-state index contributed by atoms with van der Waals surface area (Å²) in [5, 5.41) is 8.18. The van der Waals surface area contributed by atoms with Gasteiger partial charge in [-0.1, -0.05) is 74.5 Å².